The van der Waals surface area contributed by atoms with Crippen LogP contribution >= 0.6 is 0 Å². The molecule has 0 aliphatic carbocycles. The van der Waals surface area contributed by atoms with Crippen LogP contribution in [-0.2, 0) is 0 Å². The summed E-state index contributed by atoms with van der Waals surface area (Å²) in [6.45, 7) is 1.90. The number of carboxylic acid groups (broad SMARTS) is 1. The molecular weight excluding hydrogens is 270 g/mol. The van der Waals surface area contributed by atoms with Crippen LogP contribution in [0.3, 0.4) is 0 Å². The van der Waals surface area contributed by atoms with Crippen molar-refractivity contribution < 1.29 is 9.90 Å². The van der Waals surface area contributed by atoms with E-state index in [9.17, 15) is 9.90 Å². The van der Waals surface area contributed by atoms with Crippen LogP contribution < -0.4 is 5.32 Å². The minimum absolute atomic E-state index is 0.173. The van der Waals surface area contributed by atoms with Gasteiger partial charge >= 0.3 is 5.97 Å². The van der Waals surface area contributed by atoms with E-state index in [1.165, 1.54) is 18.7 Å². The van der Waals surface area contributed by atoms with Crippen molar-refractivity contribution in [2.45, 2.75) is 6.92 Å². The van der Waals surface area contributed by atoms with Gasteiger partial charge < -0.3 is 10.4 Å². The zero-order valence-electron chi connectivity index (χ0n) is 11.1. The molecule has 0 radical (unpaired) electrons. The highest BCUT2D eigenvalue weighted by atomic mass is 16.4. The first-order chi connectivity index (χ1) is 10.1. The van der Waals surface area contributed by atoms with Crippen LogP contribution in [-0.4, -0.2) is 31.0 Å². The zero-order chi connectivity index (χ0) is 14.8. The highest BCUT2D eigenvalue weighted by Gasteiger charge is 2.11. The lowest BCUT2D eigenvalue weighted by Gasteiger charge is -2.09. The molecule has 104 valence electrons. The van der Waals surface area contributed by atoms with Gasteiger partial charge in [0.15, 0.2) is 0 Å². The Morgan fingerprint density at radius 3 is 2.62 bits per heavy atom. The third-order valence-electron chi connectivity index (χ3n) is 2.91. The maximum Gasteiger partial charge on any atom is 0.335 e. The van der Waals surface area contributed by atoms with Gasteiger partial charge in [0.05, 0.1) is 16.8 Å². The maximum absolute atomic E-state index is 11.2. The molecule has 0 unspecified atom stereocenters. The van der Waals surface area contributed by atoms with E-state index in [0.717, 1.165) is 10.9 Å². The van der Waals surface area contributed by atoms with E-state index >= 15 is 0 Å². The topological polar surface area (TPSA) is 101 Å². The summed E-state index contributed by atoms with van der Waals surface area (Å²) in [5.41, 5.74) is 2.32. The lowest BCUT2D eigenvalue weighted by Crippen LogP contribution is -2.02. The Morgan fingerprint density at radius 1 is 1.14 bits per heavy atom. The molecular formula is C14H11N5O2. The fourth-order valence-electron chi connectivity index (χ4n) is 2.00. The smallest absolute Gasteiger partial charge is 0.335 e. The fraction of sp³-hybridized carbons (Fsp3) is 0.0714. The lowest BCUT2D eigenvalue weighted by molar-refractivity contribution is 0.0697. The van der Waals surface area contributed by atoms with Gasteiger partial charge in [-0.25, -0.2) is 19.7 Å². The number of aryl methyl sites for hydroxylation is 1. The average molecular weight is 281 g/mol. The average Bonchev–Trinajstić information content (AvgIpc) is 2.47. The van der Waals surface area contributed by atoms with Gasteiger partial charge in [0.25, 0.3) is 0 Å². The van der Waals surface area contributed by atoms with Crippen molar-refractivity contribution >= 4 is 28.5 Å². The summed E-state index contributed by atoms with van der Waals surface area (Å²) in [7, 11) is 0. The van der Waals surface area contributed by atoms with Gasteiger partial charge in [0.1, 0.15) is 12.7 Å². The first-order valence-electron chi connectivity index (χ1n) is 6.16. The molecule has 2 N–H and O–H groups in total. The number of aromatic nitrogens is 4. The first-order valence-corrected chi connectivity index (χ1v) is 6.16. The SMILES string of the molecule is Cc1cnc2c(Nc3ncncn3)cc(C(=O)O)cc2c1. The quantitative estimate of drug-likeness (QED) is 0.758. The molecule has 0 amide bonds. The standard InChI is InChI=1S/C14H11N5O2/c1-8-2-9-3-10(13(20)21)4-11(12(9)16-5-8)19-14-17-6-15-7-18-14/h2-7H,1H3,(H,20,21)(H,15,17,18,19). The molecule has 0 bridgehead atoms. The van der Waals surface area contributed by atoms with Crippen molar-refractivity contribution in [3.8, 4) is 0 Å². The number of aromatic carboxylic acids is 1. The van der Waals surface area contributed by atoms with Crippen molar-refractivity contribution in [1.29, 1.82) is 0 Å². The minimum atomic E-state index is -1.00. The second-order valence-electron chi connectivity index (χ2n) is 4.50. The highest BCUT2D eigenvalue weighted by molar-refractivity contribution is 6.00. The van der Waals surface area contributed by atoms with Crippen LogP contribution in [0.15, 0.2) is 37.1 Å². The molecule has 3 aromatic rings. The molecule has 2 aromatic heterocycles. The summed E-state index contributed by atoms with van der Waals surface area (Å²) in [6, 6.07) is 4.99. The number of carbonyl (C=O) groups is 1. The van der Waals surface area contributed by atoms with E-state index < -0.39 is 5.97 Å². The Balaban J connectivity index is 2.17. The van der Waals surface area contributed by atoms with Crippen LogP contribution in [0.25, 0.3) is 10.9 Å². The van der Waals surface area contributed by atoms with Gasteiger partial charge in [-0.2, -0.15) is 0 Å². The van der Waals surface area contributed by atoms with Gasteiger partial charge in [-0.3, -0.25) is 4.98 Å². The number of fused-ring (bicyclic) bond motifs is 1. The van der Waals surface area contributed by atoms with E-state index in [1.54, 1.807) is 12.3 Å². The number of rotatable bonds is 3. The maximum atomic E-state index is 11.2. The molecule has 3 rings (SSSR count). The number of benzene rings is 1. The van der Waals surface area contributed by atoms with Gasteiger partial charge in [-0.15, -0.1) is 0 Å². The number of nitrogens with zero attached hydrogens (tertiary/aromatic N) is 4. The molecule has 0 atom stereocenters. The molecule has 0 saturated heterocycles. The number of hydrogen-bond acceptors (Lipinski definition) is 6. The van der Waals surface area contributed by atoms with E-state index in [0.29, 0.717) is 17.2 Å². The minimum Gasteiger partial charge on any atom is -0.478 e. The molecule has 0 spiro atoms. The first kappa shape index (κ1) is 12.9. The fourth-order valence-corrected chi connectivity index (χ4v) is 2.00. The van der Waals surface area contributed by atoms with E-state index in [4.69, 9.17) is 0 Å². The van der Waals surface area contributed by atoms with E-state index in [1.807, 2.05) is 13.0 Å². The van der Waals surface area contributed by atoms with Crippen LogP contribution in [0.1, 0.15) is 15.9 Å². The third-order valence-corrected chi connectivity index (χ3v) is 2.91. The summed E-state index contributed by atoms with van der Waals surface area (Å²) < 4.78 is 0. The number of hydrogen-bond donors (Lipinski definition) is 2. The molecule has 0 fully saturated rings. The Kier molecular flexibility index (Phi) is 3.15. The monoisotopic (exact) mass is 281 g/mol. The van der Waals surface area contributed by atoms with E-state index in [-0.39, 0.29) is 5.56 Å². The number of nitrogens with one attached hydrogen (secondary N) is 1. The van der Waals surface area contributed by atoms with Gasteiger partial charge in [-0.1, -0.05) is 0 Å². The molecule has 0 aliphatic heterocycles. The highest BCUT2D eigenvalue weighted by Crippen LogP contribution is 2.26. The van der Waals surface area contributed by atoms with Gasteiger partial charge in [0.2, 0.25) is 5.95 Å². The molecule has 1 aromatic carbocycles. The second-order valence-corrected chi connectivity index (χ2v) is 4.50. The molecule has 2 heterocycles. The summed E-state index contributed by atoms with van der Waals surface area (Å²) in [5.74, 6) is -0.673. The van der Waals surface area contributed by atoms with Crippen molar-refractivity contribution in [2.24, 2.45) is 0 Å². The summed E-state index contributed by atoms with van der Waals surface area (Å²) >= 11 is 0. The Hall–Kier alpha value is -3.09. The number of carboxylic acids is 1. The Bertz CT molecular complexity index is 820. The van der Waals surface area contributed by atoms with Crippen molar-refractivity contribution in [3.63, 3.8) is 0 Å². The zero-order valence-corrected chi connectivity index (χ0v) is 11.1. The Labute approximate surface area is 119 Å². The Morgan fingerprint density at radius 2 is 1.90 bits per heavy atom. The van der Waals surface area contributed by atoms with Gasteiger partial charge in [-0.05, 0) is 30.7 Å². The second kappa shape index (κ2) is 5.12. The summed E-state index contributed by atoms with van der Waals surface area (Å²) in [6.07, 6.45) is 4.44. The molecule has 7 heteroatoms. The van der Waals surface area contributed by atoms with Crippen molar-refractivity contribution in [2.75, 3.05) is 5.32 Å². The molecule has 7 nitrogen and oxygen atoms in total. The lowest BCUT2D eigenvalue weighted by atomic mass is 10.1. The predicted octanol–water partition coefficient (Wildman–Crippen LogP) is 2.17. The van der Waals surface area contributed by atoms with Crippen LogP contribution in [0, 0.1) is 6.92 Å². The number of anilines is 2. The summed E-state index contributed by atoms with van der Waals surface area (Å²) in [5, 5.41) is 12.9. The van der Waals surface area contributed by atoms with Crippen LogP contribution in [0.2, 0.25) is 0 Å². The van der Waals surface area contributed by atoms with Crippen molar-refractivity contribution in [1.82, 2.24) is 19.9 Å². The third kappa shape index (κ3) is 2.62. The largest absolute Gasteiger partial charge is 0.478 e. The van der Waals surface area contributed by atoms with Gasteiger partial charge in [0, 0.05) is 11.6 Å². The van der Waals surface area contributed by atoms with E-state index in [2.05, 4.69) is 25.3 Å². The molecule has 0 saturated carbocycles. The summed E-state index contributed by atoms with van der Waals surface area (Å²) in [4.78, 5) is 27.3. The number of pyridine rings is 1. The molecule has 21 heavy (non-hydrogen) atoms. The normalized spacial score (nSPS) is 10.5. The predicted molar refractivity (Wildman–Crippen MR) is 76.5 cm³/mol. The van der Waals surface area contributed by atoms with Crippen LogP contribution in [0.4, 0.5) is 11.6 Å². The van der Waals surface area contributed by atoms with Crippen LogP contribution in [0.5, 0.6) is 0 Å². The molecule has 0 aliphatic rings. The van der Waals surface area contributed by atoms with Crippen molar-refractivity contribution in [3.05, 3.63) is 48.2 Å².